The summed E-state index contributed by atoms with van der Waals surface area (Å²) >= 11 is 0. The van der Waals surface area contributed by atoms with E-state index in [0.29, 0.717) is 28.9 Å². The molecule has 3 saturated carbocycles. The molecule has 1 unspecified atom stereocenters. The van der Waals surface area contributed by atoms with Crippen molar-refractivity contribution in [1.82, 2.24) is 30.2 Å². The van der Waals surface area contributed by atoms with Gasteiger partial charge in [-0.3, -0.25) is 14.4 Å². The molecular formula is C25H35N7O3. The van der Waals surface area contributed by atoms with Crippen LogP contribution in [-0.4, -0.2) is 56.8 Å². The largest absolute Gasteiger partial charge is 0.380 e. The highest BCUT2D eigenvalue weighted by Gasteiger charge is 2.56. The summed E-state index contributed by atoms with van der Waals surface area (Å²) in [7, 11) is 3.21. The molecule has 2 aromatic rings. The van der Waals surface area contributed by atoms with Crippen molar-refractivity contribution in [3.05, 3.63) is 46.1 Å². The zero-order valence-electron chi connectivity index (χ0n) is 21.3. The van der Waals surface area contributed by atoms with Gasteiger partial charge in [-0.2, -0.15) is 15.3 Å². The number of carbonyl (C=O) groups is 2. The normalized spacial score (nSPS) is 25.2. The van der Waals surface area contributed by atoms with Gasteiger partial charge in [-0.05, 0) is 54.6 Å². The van der Waals surface area contributed by atoms with E-state index in [1.165, 1.54) is 17.5 Å². The van der Waals surface area contributed by atoms with Crippen LogP contribution in [0, 0.1) is 23.2 Å². The highest BCUT2D eigenvalue weighted by Crippen LogP contribution is 2.61. The second-order valence-electron chi connectivity index (χ2n) is 10.8. The Labute approximate surface area is 205 Å². The van der Waals surface area contributed by atoms with Gasteiger partial charge in [-0.15, -0.1) is 0 Å². The molecule has 0 aromatic carbocycles. The molecule has 0 saturated heterocycles. The molecule has 188 valence electrons. The maximum Gasteiger partial charge on any atom is 0.282 e. The van der Waals surface area contributed by atoms with E-state index in [-0.39, 0.29) is 24.2 Å². The summed E-state index contributed by atoms with van der Waals surface area (Å²) in [5.74, 6) is 0.843. The first-order chi connectivity index (χ1) is 16.5. The van der Waals surface area contributed by atoms with Gasteiger partial charge in [0.25, 0.3) is 11.5 Å². The van der Waals surface area contributed by atoms with Crippen molar-refractivity contribution < 1.29 is 9.59 Å². The molecule has 2 amide bonds. The van der Waals surface area contributed by atoms with Crippen molar-refractivity contribution in [3.63, 3.8) is 0 Å². The molecule has 0 spiro atoms. The summed E-state index contributed by atoms with van der Waals surface area (Å²) < 4.78 is 1.04. The second-order valence-corrected chi connectivity index (χ2v) is 10.8. The van der Waals surface area contributed by atoms with Crippen molar-refractivity contribution in [1.29, 1.82) is 0 Å². The van der Waals surface area contributed by atoms with Gasteiger partial charge in [0.1, 0.15) is 12.1 Å². The monoisotopic (exact) mass is 481 g/mol. The predicted octanol–water partition coefficient (Wildman–Crippen LogP) is 2.10. The standard InChI is InChI=1S/C25H35N7O3/c1-14-18-9-17(25(18,3)4)10-19(14)30-20-12-28-32(24(35)22(20)23(34)31(5)6)13-21(33)29-15(2)16-7-8-26-27-11-16/h7-8,11-12,14-15,17-19,30H,9-10,13H2,1-6H3,(H,29,33)/t14-,15?,17+,18-,19-/m1/s1. The quantitative estimate of drug-likeness (QED) is 0.621. The SMILES string of the molecule is CC(NC(=O)Cn1ncc(N[C@@H]2C[C@@H]3C[C@H]([C@H]2C)C3(C)C)c(C(=O)N(C)C)c1=O)c1ccnnc1. The summed E-state index contributed by atoms with van der Waals surface area (Å²) in [6.45, 7) is 8.42. The van der Waals surface area contributed by atoms with E-state index >= 15 is 0 Å². The predicted molar refractivity (Wildman–Crippen MR) is 132 cm³/mol. The Morgan fingerprint density at radius 3 is 2.57 bits per heavy atom. The number of anilines is 1. The van der Waals surface area contributed by atoms with E-state index in [1.807, 2.05) is 6.92 Å². The molecule has 2 N–H and O–H groups in total. The average Bonchev–Trinajstić information content (AvgIpc) is 2.81. The third-order valence-corrected chi connectivity index (χ3v) is 8.14. The molecule has 3 aliphatic rings. The second kappa shape index (κ2) is 9.39. The molecule has 3 fully saturated rings. The third kappa shape index (κ3) is 4.66. The Balaban J connectivity index is 1.54. The minimum Gasteiger partial charge on any atom is -0.380 e. The molecule has 2 heterocycles. The lowest BCUT2D eigenvalue weighted by atomic mass is 9.45. The fraction of sp³-hybridized carbons (Fsp3) is 0.600. The van der Waals surface area contributed by atoms with E-state index in [1.54, 1.807) is 32.6 Å². The van der Waals surface area contributed by atoms with Gasteiger partial charge in [-0.1, -0.05) is 20.8 Å². The number of nitrogens with zero attached hydrogens (tertiary/aromatic N) is 5. The van der Waals surface area contributed by atoms with Crippen molar-refractivity contribution in [2.75, 3.05) is 19.4 Å². The van der Waals surface area contributed by atoms with Gasteiger partial charge in [0.2, 0.25) is 5.91 Å². The van der Waals surface area contributed by atoms with Gasteiger partial charge in [0.05, 0.1) is 24.1 Å². The van der Waals surface area contributed by atoms with Gasteiger partial charge >= 0.3 is 0 Å². The van der Waals surface area contributed by atoms with Crippen LogP contribution in [0.15, 0.2) is 29.5 Å². The fourth-order valence-electron chi connectivity index (χ4n) is 5.74. The van der Waals surface area contributed by atoms with Crippen molar-refractivity contribution in [2.24, 2.45) is 23.2 Å². The lowest BCUT2D eigenvalue weighted by Crippen LogP contribution is -2.58. The van der Waals surface area contributed by atoms with E-state index < -0.39 is 17.4 Å². The van der Waals surface area contributed by atoms with Crippen LogP contribution in [0.25, 0.3) is 0 Å². The summed E-state index contributed by atoms with van der Waals surface area (Å²) in [4.78, 5) is 40.4. The van der Waals surface area contributed by atoms with Crippen LogP contribution in [-0.2, 0) is 11.3 Å². The highest BCUT2D eigenvalue weighted by molar-refractivity contribution is 5.98. The number of hydrogen-bond acceptors (Lipinski definition) is 7. The van der Waals surface area contributed by atoms with Crippen LogP contribution < -0.4 is 16.2 Å². The number of hydrogen-bond donors (Lipinski definition) is 2. The summed E-state index contributed by atoms with van der Waals surface area (Å²) in [6.07, 6.45) is 6.85. The molecule has 5 rings (SSSR count). The van der Waals surface area contributed by atoms with E-state index in [2.05, 4.69) is 46.7 Å². The van der Waals surface area contributed by atoms with Crippen molar-refractivity contribution >= 4 is 17.5 Å². The Bertz CT molecular complexity index is 1160. The molecule has 2 bridgehead atoms. The maximum atomic E-state index is 13.3. The molecule has 0 radical (unpaired) electrons. The number of rotatable bonds is 7. The van der Waals surface area contributed by atoms with Crippen LogP contribution in [0.3, 0.4) is 0 Å². The van der Waals surface area contributed by atoms with Crippen LogP contribution in [0.2, 0.25) is 0 Å². The fourth-order valence-corrected chi connectivity index (χ4v) is 5.74. The number of fused-ring (bicyclic) bond motifs is 2. The highest BCUT2D eigenvalue weighted by atomic mass is 16.2. The minimum absolute atomic E-state index is 0.00916. The summed E-state index contributed by atoms with van der Waals surface area (Å²) in [6, 6.07) is 1.60. The smallest absolute Gasteiger partial charge is 0.282 e. The van der Waals surface area contributed by atoms with Crippen molar-refractivity contribution in [3.8, 4) is 0 Å². The summed E-state index contributed by atoms with van der Waals surface area (Å²) in [5, 5.41) is 18.1. The molecule has 3 aliphatic carbocycles. The number of nitrogens with one attached hydrogen (secondary N) is 2. The zero-order valence-corrected chi connectivity index (χ0v) is 21.3. The summed E-state index contributed by atoms with van der Waals surface area (Å²) in [5.41, 5.74) is 0.973. The Morgan fingerprint density at radius 1 is 1.23 bits per heavy atom. The topological polar surface area (TPSA) is 122 Å². The molecular weight excluding hydrogens is 446 g/mol. The molecule has 0 aliphatic heterocycles. The van der Waals surface area contributed by atoms with Crippen LogP contribution in [0.1, 0.15) is 62.5 Å². The van der Waals surface area contributed by atoms with Crippen molar-refractivity contribution in [2.45, 2.75) is 59.2 Å². The third-order valence-electron chi connectivity index (χ3n) is 8.14. The number of amides is 2. The number of carbonyl (C=O) groups excluding carboxylic acids is 2. The number of aromatic nitrogens is 4. The first-order valence-corrected chi connectivity index (χ1v) is 12.1. The van der Waals surface area contributed by atoms with E-state index in [4.69, 9.17) is 0 Å². The Hall–Kier alpha value is -3.30. The molecule has 2 aromatic heterocycles. The Morgan fingerprint density at radius 2 is 1.97 bits per heavy atom. The lowest BCUT2D eigenvalue weighted by molar-refractivity contribution is -0.122. The molecule has 5 atom stereocenters. The first kappa shape index (κ1) is 24.8. The van der Waals surface area contributed by atoms with Crippen LogP contribution in [0.4, 0.5) is 5.69 Å². The maximum absolute atomic E-state index is 13.3. The van der Waals surface area contributed by atoms with Crippen LogP contribution >= 0.6 is 0 Å². The van der Waals surface area contributed by atoms with Gasteiger partial charge in [0.15, 0.2) is 0 Å². The van der Waals surface area contributed by atoms with Gasteiger partial charge < -0.3 is 15.5 Å². The zero-order chi connectivity index (χ0) is 25.5. The molecule has 10 heteroatoms. The average molecular weight is 482 g/mol. The molecule has 10 nitrogen and oxygen atoms in total. The first-order valence-electron chi connectivity index (χ1n) is 12.1. The van der Waals surface area contributed by atoms with E-state index in [0.717, 1.165) is 16.7 Å². The van der Waals surface area contributed by atoms with Crippen LogP contribution in [0.5, 0.6) is 0 Å². The minimum atomic E-state index is -0.587. The van der Waals surface area contributed by atoms with Gasteiger partial charge in [0, 0.05) is 26.3 Å². The van der Waals surface area contributed by atoms with E-state index in [9.17, 15) is 14.4 Å². The lowest BCUT2D eigenvalue weighted by Gasteiger charge is -2.62. The molecule has 35 heavy (non-hydrogen) atoms. The Kier molecular flexibility index (Phi) is 6.66. The van der Waals surface area contributed by atoms with Gasteiger partial charge in [-0.25, -0.2) is 4.68 Å².